The molecule has 4 aromatic rings. The second kappa shape index (κ2) is 9.38. The minimum atomic E-state index is 0.309. The number of hydrogen-bond donors (Lipinski definition) is 1. The lowest BCUT2D eigenvalue weighted by Gasteiger charge is -2.23. The average molecular weight is 451 g/mol. The van der Waals surface area contributed by atoms with E-state index < -0.39 is 0 Å². The van der Waals surface area contributed by atoms with Gasteiger partial charge in [0.25, 0.3) is 0 Å². The molecule has 1 fully saturated rings. The van der Waals surface area contributed by atoms with Crippen molar-refractivity contribution in [1.82, 2.24) is 19.4 Å². The van der Waals surface area contributed by atoms with Gasteiger partial charge in [0, 0.05) is 18.6 Å². The SMILES string of the molecule is CCc1cn(CCOc2ccc(OC3CCNCC3)cc2)c(-c2cc3ccsc3n2C)n1. The van der Waals surface area contributed by atoms with Crippen LogP contribution in [0, 0.1) is 0 Å². The lowest BCUT2D eigenvalue weighted by molar-refractivity contribution is 0.162. The average Bonchev–Trinajstić information content (AvgIpc) is 3.52. The Hall–Kier alpha value is -2.77. The number of piperidine rings is 1. The molecule has 0 unspecified atom stereocenters. The van der Waals surface area contributed by atoms with Crippen LogP contribution in [0.4, 0.5) is 0 Å². The van der Waals surface area contributed by atoms with Gasteiger partial charge in [-0.1, -0.05) is 6.92 Å². The molecule has 1 aliphatic heterocycles. The van der Waals surface area contributed by atoms with Crippen molar-refractivity contribution in [3.05, 3.63) is 53.7 Å². The van der Waals surface area contributed by atoms with Gasteiger partial charge in [0.05, 0.1) is 17.9 Å². The summed E-state index contributed by atoms with van der Waals surface area (Å²) in [6.45, 7) is 5.53. The quantitative estimate of drug-likeness (QED) is 0.416. The first-order chi connectivity index (χ1) is 15.7. The predicted octanol–water partition coefficient (Wildman–Crippen LogP) is 4.88. The van der Waals surface area contributed by atoms with E-state index in [1.54, 1.807) is 11.3 Å². The van der Waals surface area contributed by atoms with Crippen molar-refractivity contribution < 1.29 is 9.47 Å². The highest BCUT2D eigenvalue weighted by Gasteiger charge is 2.16. The van der Waals surface area contributed by atoms with Gasteiger partial charge in [-0.3, -0.25) is 0 Å². The molecule has 32 heavy (non-hydrogen) atoms. The van der Waals surface area contributed by atoms with Crippen LogP contribution in [0.25, 0.3) is 21.7 Å². The molecule has 7 heteroatoms. The number of thiophene rings is 1. The highest BCUT2D eigenvalue weighted by atomic mass is 32.1. The summed E-state index contributed by atoms with van der Waals surface area (Å²) in [5, 5.41) is 6.77. The predicted molar refractivity (Wildman–Crippen MR) is 130 cm³/mol. The molecule has 6 nitrogen and oxygen atoms in total. The second-order valence-electron chi connectivity index (χ2n) is 8.26. The second-order valence-corrected chi connectivity index (χ2v) is 9.15. The number of nitrogens with one attached hydrogen (secondary N) is 1. The standard InChI is InChI=1S/C25H30N4O2S/c1-3-19-17-29(24(27-19)23-16-18-10-15-32-25(18)28(23)2)13-14-30-20-4-6-21(7-5-20)31-22-8-11-26-12-9-22/h4-7,10,15-17,22,26H,3,8-9,11-14H2,1-2H3. The largest absolute Gasteiger partial charge is 0.492 e. The molecule has 5 rings (SSSR count). The Morgan fingerprint density at radius 1 is 1.12 bits per heavy atom. The minimum absolute atomic E-state index is 0.309. The van der Waals surface area contributed by atoms with Gasteiger partial charge >= 0.3 is 0 Å². The van der Waals surface area contributed by atoms with E-state index >= 15 is 0 Å². The zero-order chi connectivity index (χ0) is 21.9. The Kier molecular flexibility index (Phi) is 6.19. The van der Waals surface area contributed by atoms with Crippen LogP contribution in [0.15, 0.2) is 48.0 Å². The fourth-order valence-corrected chi connectivity index (χ4v) is 5.12. The molecule has 0 atom stereocenters. The summed E-state index contributed by atoms with van der Waals surface area (Å²) < 4.78 is 16.6. The normalized spacial score (nSPS) is 14.8. The van der Waals surface area contributed by atoms with Crippen LogP contribution < -0.4 is 14.8 Å². The number of hydrogen-bond acceptors (Lipinski definition) is 5. The van der Waals surface area contributed by atoms with E-state index in [1.165, 1.54) is 10.2 Å². The smallest absolute Gasteiger partial charge is 0.157 e. The van der Waals surface area contributed by atoms with Crippen LogP contribution >= 0.6 is 11.3 Å². The topological polar surface area (TPSA) is 53.2 Å². The first-order valence-corrected chi connectivity index (χ1v) is 12.3. The number of fused-ring (bicyclic) bond motifs is 1. The van der Waals surface area contributed by atoms with Gasteiger partial charge in [0.1, 0.15) is 29.0 Å². The molecule has 0 amide bonds. The molecule has 1 N–H and O–H groups in total. The summed E-state index contributed by atoms with van der Waals surface area (Å²) >= 11 is 1.76. The first-order valence-electron chi connectivity index (χ1n) is 11.4. The highest BCUT2D eigenvalue weighted by Crippen LogP contribution is 2.30. The lowest BCUT2D eigenvalue weighted by Crippen LogP contribution is -2.34. The number of imidazole rings is 1. The Bertz CT molecular complexity index is 1170. The Balaban J connectivity index is 1.23. The van der Waals surface area contributed by atoms with Crippen molar-refractivity contribution in [2.24, 2.45) is 7.05 Å². The van der Waals surface area contributed by atoms with E-state index in [1.807, 2.05) is 24.3 Å². The van der Waals surface area contributed by atoms with Crippen molar-refractivity contribution in [3.8, 4) is 23.0 Å². The Morgan fingerprint density at radius 3 is 2.66 bits per heavy atom. The van der Waals surface area contributed by atoms with Gasteiger partial charge in [0.15, 0.2) is 5.82 Å². The molecular formula is C25H30N4O2S. The molecule has 3 aromatic heterocycles. The monoisotopic (exact) mass is 450 g/mol. The fourth-order valence-electron chi connectivity index (χ4n) is 4.26. The maximum Gasteiger partial charge on any atom is 0.157 e. The van der Waals surface area contributed by atoms with Crippen molar-refractivity contribution in [3.63, 3.8) is 0 Å². The summed E-state index contributed by atoms with van der Waals surface area (Å²) in [5.41, 5.74) is 2.25. The van der Waals surface area contributed by atoms with E-state index in [9.17, 15) is 0 Å². The maximum atomic E-state index is 6.08. The Morgan fingerprint density at radius 2 is 1.91 bits per heavy atom. The van der Waals surface area contributed by atoms with Gasteiger partial charge in [0.2, 0.25) is 0 Å². The third-order valence-electron chi connectivity index (χ3n) is 6.06. The van der Waals surface area contributed by atoms with Crippen LogP contribution in [0.1, 0.15) is 25.5 Å². The first kappa shape index (κ1) is 21.1. The van der Waals surface area contributed by atoms with E-state index in [4.69, 9.17) is 14.5 Å². The third-order valence-corrected chi connectivity index (χ3v) is 7.07. The number of aryl methyl sites for hydroxylation is 2. The van der Waals surface area contributed by atoms with Crippen LogP contribution in [-0.2, 0) is 20.0 Å². The lowest BCUT2D eigenvalue weighted by atomic mass is 10.1. The summed E-state index contributed by atoms with van der Waals surface area (Å²) in [6.07, 6.45) is 5.49. The molecule has 168 valence electrons. The highest BCUT2D eigenvalue weighted by molar-refractivity contribution is 7.16. The van der Waals surface area contributed by atoms with E-state index in [0.29, 0.717) is 12.7 Å². The van der Waals surface area contributed by atoms with Gasteiger partial charge in [-0.05, 0) is 74.1 Å². The summed E-state index contributed by atoms with van der Waals surface area (Å²) in [5.74, 6) is 2.78. The molecule has 1 aliphatic rings. The van der Waals surface area contributed by atoms with Gasteiger partial charge in [-0.25, -0.2) is 4.98 Å². The number of ether oxygens (including phenoxy) is 2. The summed E-state index contributed by atoms with van der Waals surface area (Å²) in [4.78, 5) is 6.17. The van der Waals surface area contributed by atoms with Crippen molar-refractivity contribution >= 4 is 21.6 Å². The molecule has 0 bridgehead atoms. The molecule has 0 aliphatic carbocycles. The van der Waals surface area contributed by atoms with E-state index in [2.05, 4.69) is 52.1 Å². The van der Waals surface area contributed by atoms with Crippen LogP contribution in [-0.4, -0.2) is 39.9 Å². The summed E-state index contributed by atoms with van der Waals surface area (Å²) in [6, 6.07) is 12.4. The van der Waals surface area contributed by atoms with E-state index in [-0.39, 0.29) is 0 Å². The third kappa shape index (κ3) is 4.40. The van der Waals surface area contributed by atoms with E-state index in [0.717, 1.165) is 67.6 Å². The molecule has 0 radical (unpaired) electrons. The fraction of sp³-hybridized carbons (Fsp3) is 0.400. The van der Waals surface area contributed by atoms with Gasteiger partial charge in [-0.15, -0.1) is 11.3 Å². The summed E-state index contributed by atoms with van der Waals surface area (Å²) in [7, 11) is 2.11. The van der Waals surface area contributed by atoms with Crippen LogP contribution in [0.2, 0.25) is 0 Å². The zero-order valence-electron chi connectivity index (χ0n) is 18.7. The molecule has 1 saturated heterocycles. The number of nitrogens with zero attached hydrogens (tertiary/aromatic N) is 3. The number of rotatable bonds is 8. The number of benzene rings is 1. The van der Waals surface area contributed by atoms with Gasteiger partial charge in [-0.2, -0.15) is 0 Å². The molecule has 0 saturated carbocycles. The zero-order valence-corrected chi connectivity index (χ0v) is 19.5. The maximum absolute atomic E-state index is 6.08. The molecule has 1 aromatic carbocycles. The molecular weight excluding hydrogens is 420 g/mol. The minimum Gasteiger partial charge on any atom is -0.492 e. The van der Waals surface area contributed by atoms with Gasteiger partial charge < -0.3 is 23.9 Å². The van der Waals surface area contributed by atoms with Crippen molar-refractivity contribution in [2.45, 2.75) is 38.8 Å². The van der Waals surface area contributed by atoms with Crippen LogP contribution in [0.5, 0.6) is 11.5 Å². The molecule has 4 heterocycles. The van der Waals surface area contributed by atoms with Crippen molar-refractivity contribution in [2.75, 3.05) is 19.7 Å². The van der Waals surface area contributed by atoms with Crippen molar-refractivity contribution in [1.29, 1.82) is 0 Å². The molecule has 0 spiro atoms. The Labute approximate surface area is 192 Å². The van der Waals surface area contributed by atoms with Crippen LogP contribution in [0.3, 0.4) is 0 Å². The number of aromatic nitrogens is 3.